The summed E-state index contributed by atoms with van der Waals surface area (Å²) in [5.74, 6) is 1.53. The van der Waals surface area contributed by atoms with Gasteiger partial charge in [-0.15, -0.1) is 11.3 Å². The number of benzene rings is 1. The molecule has 22 heavy (non-hydrogen) atoms. The summed E-state index contributed by atoms with van der Waals surface area (Å²) in [4.78, 5) is 17.0. The minimum absolute atomic E-state index is 0.00589. The van der Waals surface area contributed by atoms with E-state index in [0.29, 0.717) is 17.7 Å². The Balaban J connectivity index is 1.49. The maximum Gasteiger partial charge on any atom is 0.271 e. The Kier molecular flexibility index (Phi) is 3.49. The molecule has 0 aliphatic heterocycles. The van der Waals surface area contributed by atoms with E-state index in [0.717, 1.165) is 22.9 Å². The zero-order chi connectivity index (χ0) is 15.1. The number of aryl methyl sites for hydroxylation is 1. The first-order chi connectivity index (χ1) is 10.7. The predicted molar refractivity (Wildman–Crippen MR) is 89.0 cm³/mol. The Morgan fingerprint density at radius 1 is 1.27 bits per heavy atom. The summed E-state index contributed by atoms with van der Waals surface area (Å²) < 4.78 is 0. The lowest BCUT2D eigenvalue weighted by molar-refractivity contribution is 0.0918. The van der Waals surface area contributed by atoms with E-state index >= 15 is 0 Å². The van der Waals surface area contributed by atoms with Crippen molar-refractivity contribution in [3.63, 3.8) is 0 Å². The van der Waals surface area contributed by atoms with Crippen LogP contribution in [0.25, 0.3) is 10.6 Å². The fourth-order valence-electron chi connectivity index (χ4n) is 3.98. The molecular formula is C18H20N2OS. The maximum absolute atomic E-state index is 12.4. The third-order valence-electron chi connectivity index (χ3n) is 5.17. The molecule has 2 fully saturated rings. The van der Waals surface area contributed by atoms with Crippen molar-refractivity contribution in [2.75, 3.05) is 0 Å². The number of carbonyl (C=O) groups excluding carboxylic acids is 1. The van der Waals surface area contributed by atoms with Gasteiger partial charge in [0.1, 0.15) is 10.7 Å². The largest absolute Gasteiger partial charge is 0.348 e. The number of amides is 1. The highest BCUT2D eigenvalue weighted by Gasteiger charge is 2.40. The monoisotopic (exact) mass is 312 g/mol. The first-order valence-corrected chi connectivity index (χ1v) is 8.91. The van der Waals surface area contributed by atoms with E-state index in [9.17, 15) is 4.79 Å². The van der Waals surface area contributed by atoms with Crippen LogP contribution in [0.2, 0.25) is 0 Å². The lowest BCUT2D eigenvalue weighted by Gasteiger charge is -2.22. The summed E-state index contributed by atoms with van der Waals surface area (Å²) in [5.41, 5.74) is 2.87. The molecule has 1 aromatic heterocycles. The summed E-state index contributed by atoms with van der Waals surface area (Å²) in [6.45, 7) is 2.08. The van der Waals surface area contributed by atoms with Crippen molar-refractivity contribution >= 4 is 17.2 Å². The molecule has 4 heteroatoms. The van der Waals surface area contributed by atoms with Crippen LogP contribution in [-0.4, -0.2) is 16.9 Å². The molecule has 0 radical (unpaired) electrons. The molecule has 1 aromatic carbocycles. The van der Waals surface area contributed by atoms with Gasteiger partial charge in [-0.1, -0.05) is 30.7 Å². The van der Waals surface area contributed by atoms with E-state index in [1.807, 2.05) is 17.5 Å². The fraction of sp³-hybridized carbons (Fsp3) is 0.444. The minimum Gasteiger partial charge on any atom is -0.348 e. The summed E-state index contributed by atoms with van der Waals surface area (Å²) in [6, 6.07) is 8.54. The highest BCUT2D eigenvalue weighted by molar-refractivity contribution is 7.13. The summed E-state index contributed by atoms with van der Waals surface area (Å²) in [7, 11) is 0. The lowest BCUT2D eigenvalue weighted by atomic mass is 9.95. The van der Waals surface area contributed by atoms with Gasteiger partial charge in [0.25, 0.3) is 5.91 Å². The molecule has 3 atom stereocenters. The number of hydrogen-bond acceptors (Lipinski definition) is 3. The molecule has 0 spiro atoms. The molecule has 2 aromatic rings. The zero-order valence-electron chi connectivity index (χ0n) is 12.7. The number of nitrogens with zero attached hydrogens (tertiary/aromatic N) is 1. The number of carbonyl (C=O) groups is 1. The van der Waals surface area contributed by atoms with Gasteiger partial charge in [-0.2, -0.15) is 0 Å². The molecule has 3 nitrogen and oxygen atoms in total. The number of hydrogen-bond donors (Lipinski definition) is 1. The van der Waals surface area contributed by atoms with Gasteiger partial charge >= 0.3 is 0 Å². The first-order valence-electron chi connectivity index (χ1n) is 8.03. The zero-order valence-corrected chi connectivity index (χ0v) is 13.5. The van der Waals surface area contributed by atoms with E-state index in [4.69, 9.17) is 0 Å². The van der Waals surface area contributed by atoms with Gasteiger partial charge < -0.3 is 5.32 Å². The molecular weight excluding hydrogens is 292 g/mol. The standard InChI is InChI=1S/C18H20N2OS/c1-11-4-2-3-5-14(11)18-20-16(10-22-18)17(21)19-15-9-12-6-7-13(15)8-12/h2-5,10,12-13,15H,6-9H2,1H3,(H,19,21)/t12-,13+,15-/m1/s1. The van der Waals surface area contributed by atoms with E-state index in [-0.39, 0.29) is 5.91 Å². The van der Waals surface area contributed by atoms with E-state index in [2.05, 4.69) is 29.4 Å². The van der Waals surface area contributed by atoms with Crippen molar-refractivity contribution in [2.24, 2.45) is 11.8 Å². The minimum atomic E-state index is -0.00589. The number of rotatable bonds is 3. The van der Waals surface area contributed by atoms with E-state index in [1.54, 1.807) is 11.3 Å². The molecule has 0 unspecified atom stereocenters. The molecule has 2 aliphatic carbocycles. The maximum atomic E-state index is 12.4. The number of fused-ring (bicyclic) bond motifs is 2. The molecule has 1 N–H and O–H groups in total. The molecule has 2 aliphatic rings. The van der Waals surface area contributed by atoms with Gasteiger partial charge in [-0.25, -0.2) is 4.98 Å². The van der Waals surface area contributed by atoms with Gasteiger partial charge in [0, 0.05) is 17.0 Å². The Labute approximate surface area is 134 Å². The van der Waals surface area contributed by atoms with Gasteiger partial charge in [0.05, 0.1) is 0 Å². The van der Waals surface area contributed by atoms with E-state index < -0.39 is 0 Å². The predicted octanol–water partition coefficient (Wildman–Crippen LogP) is 4.04. The second-order valence-corrected chi connectivity index (χ2v) is 7.47. The fourth-order valence-corrected chi connectivity index (χ4v) is 4.87. The SMILES string of the molecule is Cc1ccccc1-c1nc(C(=O)N[C@@H]2C[C@@H]3CC[C@H]2C3)cs1. The smallest absolute Gasteiger partial charge is 0.271 e. The van der Waals surface area contributed by atoms with Crippen molar-refractivity contribution in [1.29, 1.82) is 0 Å². The third kappa shape index (κ3) is 2.45. The molecule has 2 bridgehead atoms. The van der Waals surface area contributed by atoms with Crippen LogP contribution in [0.3, 0.4) is 0 Å². The van der Waals surface area contributed by atoms with Crippen molar-refractivity contribution < 1.29 is 4.79 Å². The van der Waals surface area contributed by atoms with Crippen molar-refractivity contribution in [3.8, 4) is 10.6 Å². The Morgan fingerprint density at radius 3 is 2.86 bits per heavy atom. The Hall–Kier alpha value is -1.68. The Bertz CT molecular complexity index is 709. The van der Waals surface area contributed by atoms with Crippen LogP contribution in [0.4, 0.5) is 0 Å². The van der Waals surface area contributed by atoms with Crippen LogP contribution >= 0.6 is 11.3 Å². The second-order valence-electron chi connectivity index (χ2n) is 6.61. The number of nitrogens with one attached hydrogen (secondary N) is 1. The van der Waals surface area contributed by atoms with Gasteiger partial charge in [-0.3, -0.25) is 4.79 Å². The van der Waals surface area contributed by atoms with Gasteiger partial charge in [-0.05, 0) is 43.6 Å². The highest BCUT2D eigenvalue weighted by Crippen LogP contribution is 2.44. The normalized spacial score (nSPS) is 26.3. The quantitative estimate of drug-likeness (QED) is 0.929. The van der Waals surface area contributed by atoms with E-state index in [1.165, 1.54) is 24.8 Å². The summed E-state index contributed by atoms with van der Waals surface area (Å²) in [5, 5.41) is 6.02. The molecule has 1 heterocycles. The average molecular weight is 312 g/mol. The Morgan fingerprint density at radius 2 is 2.14 bits per heavy atom. The van der Waals surface area contributed by atoms with Crippen LogP contribution in [-0.2, 0) is 0 Å². The van der Waals surface area contributed by atoms with Crippen LogP contribution < -0.4 is 5.32 Å². The summed E-state index contributed by atoms with van der Waals surface area (Å²) in [6.07, 6.45) is 5.09. The molecule has 0 saturated heterocycles. The van der Waals surface area contributed by atoms with Crippen molar-refractivity contribution in [2.45, 2.75) is 38.6 Å². The van der Waals surface area contributed by atoms with Gasteiger partial charge in [0.2, 0.25) is 0 Å². The second kappa shape index (κ2) is 5.51. The molecule has 2 saturated carbocycles. The van der Waals surface area contributed by atoms with Crippen LogP contribution in [0, 0.1) is 18.8 Å². The van der Waals surface area contributed by atoms with Gasteiger partial charge in [0.15, 0.2) is 0 Å². The van der Waals surface area contributed by atoms with Crippen molar-refractivity contribution in [3.05, 3.63) is 40.9 Å². The van der Waals surface area contributed by atoms with Crippen LogP contribution in [0.1, 0.15) is 41.7 Å². The average Bonchev–Trinajstić information content (AvgIpc) is 3.24. The molecule has 114 valence electrons. The number of aromatic nitrogens is 1. The summed E-state index contributed by atoms with van der Waals surface area (Å²) >= 11 is 1.55. The first kappa shape index (κ1) is 13.9. The van der Waals surface area contributed by atoms with Crippen LogP contribution in [0.5, 0.6) is 0 Å². The van der Waals surface area contributed by atoms with Crippen LogP contribution in [0.15, 0.2) is 29.6 Å². The topological polar surface area (TPSA) is 42.0 Å². The van der Waals surface area contributed by atoms with Crippen molar-refractivity contribution in [1.82, 2.24) is 10.3 Å². The number of thiazole rings is 1. The third-order valence-corrected chi connectivity index (χ3v) is 6.04. The lowest BCUT2D eigenvalue weighted by Crippen LogP contribution is -2.38. The molecule has 4 rings (SSSR count). The molecule has 1 amide bonds. The highest BCUT2D eigenvalue weighted by atomic mass is 32.1.